The molecule has 3 nitrogen and oxygen atoms in total. The number of hydrogen-bond donors (Lipinski definition) is 1. The number of carbonyl (C=O) groups is 1. The maximum absolute atomic E-state index is 10.4. The molecular formula is C8H9ClN2OS. The third-order valence-corrected chi connectivity index (χ3v) is 2.74. The van der Waals surface area contributed by atoms with Crippen molar-refractivity contribution in [3.63, 3.8) is 0 Å². The van der Waals surface area contributed by atoms with Crippen molar-refractivity contribution in [2.24, 2.45) is 5.73 Å². The third kappa shape index (κ3) is 3.65. The lowest BCUT2D eigenvalue weighted by Crippen LogP contribution is -2.10. The lowest BCUT2D eigenvalue weighted by atomic mass is 10.5. The minimum atomic E-state index is -0.306. The molecule has 1 amide bonds. The Morgan fingerprint density at radius 1 is 1.69 bits per heavy atom. The summed E-state index contributed by atoms with van der Waals surface area (Å²) in [4.78, 5) is 14.5. The SMILES string of the molecule is NC(=O)CCSc1ncccc1Cl. The molecule has 0 bridgehead atoms. The first-order valence-corrected chi connectivity index (χ1v) is 5.08. The van der Waals surface area contributed by atoms with Crippen molar-refractivity contribution in [3.8, 4) is 0 Å². The zero-order valence-corrected chi connectivity index (χ0v) is 8.44. The highest BCUT2D eigenvalue weighted by Crippen LogP contribution is 2.24. The van der Waals surface area contributed by atoms with Gasteiger partial charge in [-0.05, 0) is 12.1 Å². The van der Waals surface area contributed by atoms with Gasteiger partial charge in [0.05, 0.1) is 5.02 Å². The normalized spacial score (nSPS) is 9.92. The van der Waals surface area contributed by atoms with Crippen LogP contribution >= 0.6 is 23.4 Å². The first-order valence-electron chi connectivity index (χ1n) is 3.72. The molecule has 0 saturated heterocycles. The summed E-state index contributed by atoms with van der Waals surface area (Å²) < 4.78 is 0. The van der Waals surface area contributed by atoms with Crippen LogP contribution in [-0.4, -0.2) is 16.6 Å². The Labute approximate surface area is 85.7 Å². The van der Waals surface area contributed by atoms with Crippen molar-refractivity contribution >= 4 is 29.3 Å². The number of pyridine rings is 1. The van der Waals surface area contributed by atoms with Crippen LogP contribution in [0.15, 0.2) is 23.4 Å². The van der Waals surface area contributed by atoms with Crippen molar-refractivity contribution in [1.82, 2.24) is 4.98 Å². The van der Waals surface area contributed by atoms with Crippen molar-refractivity contribution < 1.29 is 4.79 Å². The average molecular weight is 217 g/mol. The number of halogens is 1. The fraction of sp³-hybridized carbons (Fsp3) is 0.250. The Balaban J connectivity index is 2.45. The molecule has 1 heterocycles. The van der Waals surface area contributed by atoms with E-state index < -0.39 is 0 Å². The zero-order valence-electron chi connectivity index (χ0n) is 6.87. The quantitative estimate of drug-likeness (QED) is 0.780. The van der Waals surface area contributed by atoms with Crippen LogP contribution < -0.4 is 5.73 Å². The van der Waals surface area contributed by atoms with E-state index in [1.54, 1.807) is 18.3 Å². The van der Waals surface area contributed by atoms with Crippen LogP contribution in [0, 0.1) is 0 Å². The fourth-order valence-corrected chi connectivity index (χ4v) is 1.85. The highest BCUT2D eigenvalue weighted by Gasteiger charge is 2.01. The standard InChI is InChI=1S/C8H9ClN2OS/c9-6-2-1-4-11-8(6)13-5-3-7(10)12/h1-2,4H,3,5H2,(H2,10,12). The van der Waals surface area contributed by atoms with Gasteiger partial charge in [0, 0.05) is 18.4 Å². The number of hydrogen-bond acceptors (Lipinski definition) is 3. The molecule has 13 heavy (non-hydrogen) atoms. The summed E-state index contributed by atoms with van der Waals surface area (Å²) in [5.41, 5.74) is 4.99. The van der Waals surface area contributed by atoms with Crippen LogP contribution in [-0.2, 0) is 4.79 Å². The molecule has 0 aliphatic carbocycles. The minimum absolute atomic E-state index is 0.306. The van der Waals surface area contributed by atoms with E-state index in [0.717, 1.165) is 5.03 Å². The second kappa shape index (κ2) is 5.09. The van der Waals surface area contributed by atoms with Crippen molar-refractivity contribution in [2.75, 3.05) is 5.75 Å². The van der Waals surface area contributed by atoms with Crippen LogP contribution in [0.5, 0.6) is 0 Å². The van der Waals surface area contributed by atoms with Crippen molar-refractivity contribution in [2.45, 2.75) is 11.4 Å². The lowest BCUT2D eigenvalue weighted by Gasteiger charge is -2.00. The molecule has 5 heteroatoms. The molecule has 2 N–H and O–H groups in total. The first-order chi connectivity index (χ1) is 6.20. The molecule has 0 aliphatic heterocycles. The van der Waals surface area contributed by atoms with Gasteiger partial charge in [-0.3, -0.25) is 4.79 Å². The summed E-state index contributed by atoms with van der Waals surface area (Å²) in [6, 6.07) is 3.53. The Kier molecular flexibility index (Phi) is 4.05. The Bertz CT molecular complexity index is 306. The highest BCUT2D eigenvalue weighted by atomic mass is 35.5. The van der Waals surface area contributed by atoms with Gasteiger partial charge < -0.3 is 5.73 Å². The number of aromatic nitrogens is 1. The summed E-state index contributed by atoms with van der Waals surface area (Å²) in [6.45, 7) is 0. The van der Waals surface area contributed by atoms with Gasteiger partial charge >= 0.3 is 0 Å². The fourth-order valence-electron chi connectivity index (χ4n) is 0.726. The Morgan fingerprint density at radius 2 is 2.46 bits per heavy atom. The van der Waals surface area contributed by atoms with Crippen molar-refractivity contribution in [3.05, 3.63) is 23.4 Å². The van der Waals surface area contributed by atoms with Gasteiger partial charge in [0.1, 0.15) is 5.03 Å². The number of nitrogens with two attached hydrogens (primary N) is 1. The second-order valence-corrected chi connectivity index (χ2v) is 3.85. The molecule has 0 aromatic carbocycles. The van der Waals surface area contributed by atoms with E-state index in [9.17, 15) is 4.79 Å². The maximum atomic E-state index is 10.4. The number of amides is 1. The van der Waals surface area contributed by atoms with E-state index in [4.69, 9.17) is 17.3 Å². The molecule has 1 rings (SSSR count). The lowest BCUT2D eigenvalue weighted by molar-refractivity contribution is -0.117. The van der Waals surface area contributed by atoms with Crippen molar-refractivity contribution in [1.29, 1.82) is 0 Å². The van der Waals surface area contributed by atoms with Crippen LogP contribution in [0.2, 0.25) is 5.02 Å². The smallest absolute Gasteiger partial charge is 0.218 e. The molecule has 0 radical (unpaired) electrons. The van der Waals surface area contributed by atoms with E-state index in [-0.39, 0.29) is 5.91 Å². The number of nitrogens with zero attached hydrogens (tertiary/aromatic N) is 1. The number of carbonyl (C=O) groups excluding carboxylic acids is 1. The van der Waals surface area contributed by atoms with E-state index in [2.05, 4.69) is 4.98 Å². The predicted octanol–water partition coefficient (Wildman–Crippen LogP) is 1.70. The van der Waals surface area contributed by atoms with E-state index in [1.807, 2.05) is 0 Å². The van der Waals surface area contributed by atoms with Gasteiger partial charge in [-0.15, -0.1) is 11.8 Å². The molecule has 0 spiro atoms. The van der Waals surface area contributed by atoms with Crippen LogP contribution in [0.1, 0.15) is 6.42 Å². The molecule has 0 fully saturated rings. The molecule has 0 atom stereocenters. The van der Waals surface area contributed by atoms with Gasteiger partial charge in [-0.25, -0.2) is 4.98 Å². The van der Waals surface area contributed by atoms with Gasteiger partial charge in [-0.2, -0.15) is 0 Å². The summed E-state index contributed by atoms with van der Waals surface area (Å²) in [5, 5.41) is 1.35. The maximum Gasteiger partial charge on any atom is 0.218 e. The van der Waals surface area contributed by atoms with E-state index in [1.165, 1.54) is 11.8 Å². The predicted molar refractivity (Wildman–Crippen MR) is 53.8 cm³/mol. The van der Waals surface area contributed by atoms with Gasteiger partial charge in [0.15, 0.2) is 0 Å². The molecule has 0 aliphatic rings. The Hall–Kier alpha value is -0.740. The molecule has 70 valence electrons. The molecular weight excluding hydrogens is 208 g/mol. The topological polar surface area (TPSA) is 56.0 Å². The average Bonchev–Trinajstić information content (AvgIpc) is 2.08. The zero-order chi connectivity index (χ0) is 9.68. The summed E-state index contributed by atoms with van der Waals surface area (Å²) in [7, 11) is 0. The number of thioether (sulfide) groups is 1. The van der Waals surface area contributed by atoms with Crippen LogP contribution in [0.4, 0.5) is 0 Å². The Morgan fingerprint density at radius 3 is 3.08 bits per heavy atom. The molecule has 0 unspecified atom stereocenters. The summed E-state index contributed by atoms with van der Waals surface area (Å²) >= 11 is 7.27. The second-order valence-electron chi connectivity index (χ2n) is 2.36. The number of primary amides is 1. The molecule has 0 saturated carbocycles. The first kappa shape index (κ1) is 10.3. The van der Waals surface area contributed by atoms with Gasteiger partial charge in [0.2, 0.25) is 5.91 Å². The van der Waals surface area contributed by atoms with Crippen LogP contribution in [0.3, 0.4) is 0 Å². The molecule has 1 aromatic heterocycles. The summed E-state index contributed by atoms with van der Waals surface area (Å²) in [6.07, 6.45) is 2.01. The van der Waals surface area contributed by atoms with E-state index >= 15 is 0 Å². The van der Waals surface area contributed by atoms with Gasteiger partial charge in [-0.1, -0.05) is 11.6 Å². The molecule has 1 aromatic rings. The number of rotatable bonds is 4. The van der Waals surface area contributed by atoms with Crippen LogP contribution in [0.25, 0.3) is 0 Å². The highest BCUT2D eigenvalue weighted by molar-refractivity contribution is 7.99. The largest absolute Gasteiger partial charge is 0.370 e. The minimum Gasteiger partial charge on any atom is -0.370 e. The monoisotopic (exact) mass is 216 g/mol. The third-order valence-electron chi connectivity index (χ3n) is 1.31. The van der Waals surface area contributed by atoms with Gasteiger partial charge in [0.25, 0.3) is 0 Å². The summed E-state index contributed by atoms with van der Waals surface area (Å²) in [5.74, 6) is 0.311. The van der Waals surface area contributed by atoms with E-state index in [0.29, 0.717) is 17.2 Å².